The molecule has 3 rings (SSSR count). The van der Waals surface area contributed by atoms with Crippen molar-refractivity contribution in [2.24, 2.45) is 0 Å². The zero-order valence-corrected chi connectivity index (χ0v) is 17.6. The fourth-order valence-electron chi connectivity index (χ4n) is 3.24. The van der Waals surface area contributed by atoms with Crippen molar-refractivity contribution < 1.29 is 19.2 Å². The first-order valence-corrected chi connectivity index (χ1v) is 10.8. The number of hydrogen-bond donors (Lipinski definition) is 3. The fraction of sp³-hybridized carbons (Fsp3) is 0.429. The van der Waals surface area contributed by atoms with Gasteiger partial charge >= 0.3 is 0 Å². The number of ether oxygens (including phenoxy) is 1. The Morgan fingerprint density at radius 3 is 2.52 bits per heavy atom. The average Bonchev–Trinajstić information content (AvgIpc) is 3.22. The molecule has 1 aromatic heterocycles. The zero-order chi connectivity index (χ0) is 20.5. The standard InChI is InChI=1S/C21H28N4O3S/c1-24(15-20(26)22-9-8-19-3-2-14-29-19)16-21(27)23-17-4-6-18(7-5-17)25-10-12-28-13-11-25/h2-7,14H,8-13,15-16H2,1H3,(H,22,26)(H,23,27)/p+1. The molecule has 2 aromatic rings. The first kappa shape index (κ1) is 21.3. The van der Waals surface area contributed by atoms with Crippen LogP contribution in [0.5, 0.6) is 0 Å². The van der Waals surface area contributed by atoms with Gasteiger partial charge in [-0.15, -0.1) is 11.3 Å². The lowest BCUT2D eigenvalue weighted by Crippen LogP contribution is -3.11. The maximum atomic E-state index is 12.3. The molecule has 3 N–H and O–H groups in total. The third-order valence-corrected chi connectivity index (χ3v) is 5.66. The van der Waals surface area contributed by atoms with Crippen molar-refractivity contribution in [2.45, 2.75) is 6.42 Å². The second-order valence-electron chi connectivity index (χ2n) is 7.18. The van der Waals surface area contributed by atoms with Crippen molar-refractivity contribution in [1.29, 1.82) is 0 Å². The Balaban J connectivity index is 1.36. The molecule has 7 nitrogen and oxygen atoms in total. The number of thiophene rings is 1. The van der Waals surface area contributed by atoms with Gasteiger partial charge in [-0.05, 0) is 42.1 Å². The number of anilines is 2. The number of rotatable bonds is 9. The molecule has 0 aliphatic carbocycles. The van der Waals surface area contributed by atoms with Crippen molar-refractivity contribution in [3.8, 4) is 0 Å². The molecule has 1 aliphatic rings. The second-order valence-corrected chi connectivity index (χ2v) is 8.22. The maximum Gasteiger partial charge on any atom is 0.279 e. The average molecular weight is 418 g/mol. The van der Waals surface area contributed by atoms with Gasteiger partial charge in [0.1, 0.15) is 0 Å². The lowest BCUT2D eigenvalue weighted by molar-refractivity contribution is -0.862. The van der Waals surface area contributed by atoms with E-state index in [0.717, 1.165) is 49.0 Å². The van der Waals surface area contributed by atoms with Crippen LogP contribution in [0.4, 0.5) is 11.4 Å². The minimum absolute atomic E-state index is 0.0401. The topological polar surface area (TPSA) is 75.1 Å². The number of nitrogens with zero attached hydrogens (tertiary/aromatic N) is 1. The van der Waals surface area contributed by atoms with Crippen molar-refractivity contribution in [1.82, 2.24) is 5.32 Å². The van der Waals surface area contributed by atoms with E-state index in [1.807, 2.05) is 42.8 Å². The Bertz CT molecular complexity index is 774. The van der Waals surface area contributed by atoms with Crippen molar-refractivity contribution in [2.75, 3.05) is 63.2 Å². The van der Waals surface area contributed by atoms with Crippen LogP contribution < -0.4 is 20.4 Å². The number of nitrogens with one attached hydrogen (secondary N) is 3. The van der Waals surface area contributed by atoms with Gasteiger partial charge in [0.05, 0.1) is 20.3 Å². The van der Waals surface area contributed by atoms with Crippen molar-refractivity contribution in [3.63, 3.8) is 0 Å². The van der Waals surface area contributed by atoms with Crippen LogP contribution in [0.15, 0.2) is 41.8 Å². The molecule has 1 atom stereocenters. The number of quaternary nitrogens is 1. The molecule has 1 fully saturated rings. The molecule has 0 radical (unpaired) electrons. The van der Waals surface area contributed by atoms with Crippen molar-refractivity contribution in [3.05, 3.63) is 46.7 Å². The summed E-state index contributed by atoms with van der Waals surface area (Å²) >= 11 is 1.69. The van der Waals surface area contributed by atoms with Gasteiger partial charge in [-0.25, -0.2) is 0 Å². The van der Waals surface area contributed by atoms with Crippen LogP contribution in [0.25, 0.3) is 0 Å². The summed E-state index contributed by atoms with van der Waals surface area (Å²) in [6.45, 7) is 4.39. The van der Waals surface area contributed by atoms with Gasteiger partial charge in [0.2, 0.25) is 0 Å². The SMILES string of the molecule is C[NH+](CC(=O)NCCc1cccs1)CC(=O)Nc1ccc(N2CCOCC2)cc1. The molecule has 0 saturated carbocycles. The third kappa shape index (κ3) is 7.16. The van der Waals surface area contributed by atoms with E-state index in [4.69, 9.17) is 4.74 Å². The molecular formula is C21H29N4O3S+. The summed E-state index contributed by atoms with van der Waals surface area (Å²) in [5.74, 6) is -0.144. The molecule has 2 heterocycles. The second kappa shape index (κ2) is 10.9. The number of morpholine rings is 1. The van der Waals surface area contributed by atoms with Gasteiger partial charge in [-0.2, -0.15) is 0 Å². The normalized spacial score (nSPS) is 15.0. The highest BCUT2D eigenvalue weighted by molar-refractivity contribution is 7.09. The van der Waals surface area contributed by atoms with E-state index < -0.39 is 0 Å². The summed E-state index contributed by atoms with van der Waals surface area (Å²) in [6.07, 6.45) is 0.837. The Kier molecular flexibility index (Phi) is 8.03. The van der Waals surface area contributed by atoms with Crippen LogP contribution in [0.1, 0.15) is 4.88 Å². The van der Waals surface area contributed by atoms with Gasteiger partial charge in [-0.3, -0.25) is 9.59 Å². The Labute approximate surface area is 175 Å². The van der Waals surface area contributed by atoms with E-state index in [-0.39, 0.29) is 24.9 Å². The molecule has 1 aromatic carbocycles. The largest absolute Gasteiger partial charge is 0.378 e. The molecule has 1 unspecified atom stereocenters. The number of likely N-dealkylation sites (N-methyl/N-ethyl adjacent to an activating group) is 1. The van der Waals surface area contributed by atoms with E-state index in [2.05, 4.69) is 21.6 Å². The number of benzene rings is 1. The van der Waals surface area contributed by atoms with Gasteiger partial charge in [0.25, 0.3) is 11.8 Å². The monoisotopic (exact) mass is 417 g/mol. The minimum atomic E-state index is -0.104. The Morgan fingerprint density at radius 1 is 1.10 bits per heavy atom. The predicted octanol–water partition coefficient (Wildman–Crippen LogP) is 0.397. The number of carbonyl (C=O) groups excluding carboxylic acids is 2. The fourth-order valence-corrected chi connectivity index (χ4v) is 3.94. The highest BCUT2D eigenvalue weighted by atomic mass is 32.1. The van der Waals surface area contributed by atoms with Crippen LogP contribution in [-0.4, -0.2) is 64.8 Å². The molecule has 1 aliphatic heterocycles. The van der Waals surface area contributed by atoms with Crippen LogP contribution in [0, 0.1) is 0 Å². The summed E-state index contributed by atoms with van der Waals surface area (Å²) < 4.78 is 5.37. The van der Waals surface area contributed by atoms with E-state index in [9.17, 15) is 9.59 Å². The highest BCUT2D eigenvalue weighted by Crippen LogP contribution is 2.18. The molecular weight excluding hydrogens is 388 g/mol. The summed E-state index contributed by atoms with van der Waals surface area (Å²) in [4.78, 5) is 28.7. The van der Waals surface area contributed by atoms with Gasteiger partial charge < -0.3 is 25.2 Å². The lowest BCUT2D eigenvalue weighted by atomic mass is 10.2. The molecule has 156 valence electrons. The predicted molar refractivity (Wildman–Crippen MR) is 116 cm³/mol. The molecule has 0 bridgehead atoms. The quantitative estimate of drug-likeness (QED) is 0.552. The number of amides is 2. The van der Waals surface area contributed by atoms with Gasteiger partial charge in [0, 0.05) is 35.9 Å². The van der Waals surface area contributed by atoms with E-state index in [1.54, 1.807) is 11.3 Å². The molecule has 2 amide bonds. The van der Waals surface area contributed by atoms with Crippen LogP contribution >= 0.6 is 11.3 Å². The highest BCUT2D eigenvalue weighted by Gasteiger charge is 2.15. The number of hydrogen-bond acceptors (Lipinski definition) is 5. The summed E-state index contributed by atoms with van der Waals surface area (Å²) in [5.41, 5.74) is 1.90. The van der Waals surface area contributed by atoms with Gasteiger partial charge in [-0.1, -0.05) is 6.07 Å². The van der Waals surface area contributed by atoms with Crippen LogP contribution in [0.2, 0.25) is 0 Å². The van der Waals surface area contributed by atoms with E-state index >= 15 is 0 Å². The molecule has 8 heteroatoms. The Hall–Kier alpha value is -2.42. The summed E-state index contributed by atoms with van der Waals surface area (Å²) in [5, 5.41) is 7.85. The van der Waals surface area contributed by atoms with Crippen LogP contribution in [0.3, 0.4) is 0 Å². The van der Waals surface area contributed by atoms with E-state index in [1.165, 1.54) is 4.88 Å². The maximum absolute atomic E-state index is 12.3. The first-order valence-electron chi connectivity index (χ1n) is 9.93. The lowest BCUT2D eigenvalue weighted by Gasteiger charge is -2.28. The molecule has 0 spiro atoms. The van der Waals surface area contributed by atoms with Gasteiger partial charge in [0.15, 0.2) is 13.1 Å². The Morgan fingerprint density at radius 2 is 1.83 bits per heavy atom. The zero-order valence-electron chi connectivity index (χ0n) is 16.8. The summed E-state index contributed by atoms with van der Waals surface area (Å²) in [7, 11) is 1.85. The summed E-state index contributed by atoms with van der Waals surface area (Å²) in [6, 6.07) is 11.9. The number of carbonyl (C=O) groups is 2. The van der Waals surface area contributed by atoms with Crippen LogP contribution in [-0.2, 0) is 20.7 Å². The molecule has 1 saturated heterocycles. The smallest absolute Gasteiger partial charge is 0.279 e. The first-order chi connectivity index (χ1) is 14.1. The third-order valence-electron chi connectivity index (χ3n) is 4.73. The van der Waals surface area contributed by atoms with Crippen molar-refractivity contribution >= 4 is 34.5 Å². The van der Waals surface area contributed by atoms with E-state index in [0.29, 0.717) is 6.54 Å². The minimum Gasteiger partial charge on any atom is -0.378 e. The molecule has 29 heavy (non-hydrogen) atoms.